The zero-order valence-corrected chi connectivity index (χ0v) is 12.0. The molecule has 1 fully saturated rings. The number of halogens is 1. The first-order chi connectivity index (χ1) is 9.24. The minimum absolute atomic E-state index is 0.00422. The molecule has 19 heavy (non-hydrogen) atoms. The summed E-state index contributed by atoms with van der Waals surface area (Å²) in [5, 5.41) is 0. The highest BCUT2D eigenvalue weighted by Gasteiger charge is 2.32. The van der Waals surface area contributed by atoms with Gasteiger partial charge in [0.05, 0.1) is 23.2 Å². The number of alkyl halides is 1. The second-order valence-electron chi connectivity index (χ2n) is 5.44. The average Bonchev–Trinajstić information content (AvgIpc) is 2.78. The quantitative estimate of drug-likeness (QED) is 0.805. The molecule has 1 atom stereocenters. The molecule has 2 heterocycles. The number of benzene rings is 1. The zero-order chi connectivity index (χ0) is 13.3. The summed E-state index contributed by atoms with van der Waals surface area (Å²) in [4.78, 5) is 4.75. The third-order valence-corrected chi connectivity index (χ3v) is 4.09. The molecule has 1 aromatic heterocycles. The van der Waals surface area contributed by atoms with Crippen molar-refractivity contribution in [2.45, 2.75) is 31.7 Å². The lowest BCUT2D eigenvalue weighted by Crippen LogP contribution is -2.40. The lowest BCUT2D eigenvalue weighted by atomic mass is 9.94. The monoisotopic (exact) mass is 278 g/mol. The number of hydrogen-bond acceptors (Lipinski definition) is 2. The van der Waals surface area contributed by atoms with E-state index >= 15 is 0 Å². The summed E-state index contributed by atoms with van der Waals surface area (Å²) in [5.74, 6) is 1.67. The van der Waals surface area contributed by atoms with Gasteiger partial charge in [0.1, 0.15) is 5.82 Å². The van der Waals surface area contributed by atoms with Gasteiger partial charge in [0.25, 0.3) is 0 Å². The maximum atomic E-state index is 5.94. The molecular weight excluding hydrogens is 260 g/mol. The summed E-state index contributed by atoms with van der Waals surface area (Å²) in [5.41, 5.74) is 2.24. The van der Waals surface area contributed by atoms with Crippen LogP contribution in [0.15, 0.2) is 24.3 Å². The van der Waals surface area contributed by atoms with E-state index in [1.54, 1.807) is 0 Å². The van der Waals surface area contributed by atoms with Crippen LogP contribution in [-0.2, 0) is 16.7 Å². The number of nitrogens with zero attached hydrogens (tertiary/aromatic N) is 2. The van der Waals surface area contributed by atoms with Gasteiger partial charge in [0, 0.05) is 18.9 Å². The summed E-state index contributed by atoms with van der Waals surface area (Å²) in [6.45, 7) is 3.88. The fraction of sp³-hybridized carbons (Fsp3) is 0.533. The van der Waals surface area contributed by atoms with Crippen LogP contribution < -0.4 is 0 Å². The zero-order valence-electron chi connectivity index (χ0n) is 11.2. The topological polar surface area (TPSA) is 27.1 Å². The van der Waals surface area contributed by atoms with Crippen LogP contribution in [0, 0.1) is 0 Å². The van der Waals surface area contributed by atoms with E-state index in [4.69, 9.17) is 21.3 Å². The number of rotatable bonds is 3. The Hall–Kier alpha value is -1.06. The molecule has 0 bridgehead atoms. The van der Waals surface area contributed by atoms with E-state index in [1.807, 2.05) is 6.07 Å². The van der Waals surface area contributed by atoms with Gasteiger partial charge in [0.2, 0.25) is 0 Å². The summed E-state index contributed by atoms with van der Waals surface area (Å²) in [6.07, 6.45) is 3.03. The van der Waals surface area contributed by atoms with Crippen molar-refractivity contribution in [3.8, 4) is 0 Å². The van der Waals surface area contributed by atoms with Crippen molar-refractivity contribution in [3.63, 3.8) is 0 Å². The third-order valence-electron chi connectivity index (χ3n) is 3.91. The number of imidazole rings is 1. The lowest BCUT2D eigenvalue weighted by molar-refractivity contribution is 0.0102. The van der Waals surface area contributed by atoms with Crippen molar-refractivity contribution >= 4 is 22.6 Å². The van der Waals surface area contributed by atoms with Crippen LogP contribution in [0.4, 0.5) is 0 Å². The van der Waals surface area contributed by atoms with Gasteiger partial charge >= 0.3 is 0 Å². The van der Waals surface area contributed by atoms with Gasteiger partial charge in [-0.15, -0.1) is 11.6 Å². The lowest BCUT2D eigenvalue weighted by Gasteiger charge is -2.36. The molecular formula is C15H19ClN2O. The van der Waals surface area contributed by atoms with Crippen LogP contribution in [-0.4, -0.2) is 28.6 Å². The Bertz CT molecular complexity index is 573. The summed E-state index contributed by atoms with van der Waals surface area (Å²) < 4.78 is 8.06. The Morgan fingerprint density at radius 3 is 3.00 bits per heavy atom. The van der Waals surface area contributed by atoms with Gasteiger partial charge in [-0.2, -0.15) is 0 Å². The van der Waals surface area contributed by atoms with Gasteiger partial charge in [0.15, 0.2) is 0 Å². The second kappa shape index (κ2) is 5.14. The summed E-state index contributed by atoms with van der Waals surface area (Å²) in [6, 6.07) is 8.30. The van der Waals surface area contributed by atoms with Crippen molar-refractivity contribution in [3.05, 3.63) is 30.1 Å². The average molecular weight is 279 g/mol. The number of hydrogen-bond donors (Lipinski definition) is 0. The van der Waals surface area contributed by atoms with Crippen molar-refractivity contribution in [1.82, 2.24) is 9.55 Å². The molecule has 1 saturated heterocycles. The number of aromatic nitrogens is 2. The van der Waals surface area contributed by atoms with Crippen molar-refractivity contribution in [2.24, 2.45) is 0 Å². The van der Waals surface area contributed by atoms with E-state index in [1.165, 1.54) is 5.52 Å². The van der Waals surface area contributed by atoms with E-state index in [0.717, 1.165) is 43.8 Å². The van der Waals surface area contributed by atoms with Crippen LogP contribution >= 0.6 is 11.6 Å². The molecule has 3 nitrogen and oxygen atoms in total. The first kappa shape index (κ1) is 12.9. The van der Waals surface area contributed by atoms with Crippen LogP contribution in [0.5, 0.6) is 0 Å². The maximum absolute atomic E-state index is 5.94. The Morgan fingerprint density at radius 2 is 2.26 bits per heavy atom. The van der Waals surface area contributed by atoms with Gasteiger partial charge in [-0.1, -0.05) is 12.1 Å². The molecule has 1 aliphatic heterocycles. The van der Waals surface area contributed by atoms with E-state index in [9.17, 15) is 0 Å². The Balaban J connectivity index is 2.16. The van der Waals surface area contributed by atoms with E-state index < -0.39 is 0 Å². The third kappa shape index (κ3) is 2.26. The molecule has 0 amide bonds. The smallest absolute Gasteiger partial charge is 0.111 e. The predicted molar refractivity (Wildman–Crippen MR) is 77.9 cm³/mol. The maximum Gasteiger partial charge on any atom is 0.111 e. The molecule has 1 aromatic carbocycles. The van der Waals surface area contributed by atoms with Crippen molar-refractivity contribution in [1.29, 1.82) is 0 Å². The summed E-state index contributed by atoms with van der Waals surface area (Å²) >= 11 is 5.94. The number of aryl methyl sites for hydroxylation is 1. The second-order valence-corrected chi connectivity index (χ2v) is 5.82. The molecule has 102 valence electrons. The molecule has 3 rings (SSSR count). The minimum atomic E-state index is -0.00422. The molecule has 0 saturated carbocycles. The van der Waals surface area contributed by atoms with Crippen LogP contribution in [0.25, 0.3) is 11.0 Å². The van der Waals surface area contributed by atoms with Crippen LogP contribution in [0.1, 0.15) is 25.6 Å². The minimum Gasteiger partial charge on any atom is -0.379 e. The highest BCUT2D eigenvalue weighted by molar-refractivity contribution is 6.17. The van der Waals surface area contributed by atoms with Gasteiger partial charge in [-0.3, -0.25) is 0 Å². The van der Waals surface area contributed by atoms with Crippen LogP contribution in [0.3, 0.4) is 0 Å². The van der Waals surface area contributed by atoms with Crippen LogP contribution in [0.2, 0.25) is 0 Å². The summed E-state index contributed by atoms with van der Waals surface area (Å²) in [7, 11) is 0. The van der Waals surface area contributed by atoms with Gasteiger partial charge in [-0.25, -0.2) is 4.98 Å². The normalized spacial score (nSPS) is 23.9. The van der Waals surface area contributed by atoms with Crippen molar-refractivity contribution < 1.29 is 4.74 Å². The Kier molecular flexibility index (Phi) is 3.50. The fourth-order valence-electron chi connectivity index (χ4n) is 3.03. The largest absolute Gasteiger partial charge is 0.379 e. The highest BCUT2D eigenvalue weighted by atomic mass is 35.5. The predicted octanol–water partition coefficient (Wildman–Crippen LogP) is 3.34. The number of fused-ring (bicyclic) bond motifs is 1. The molecule has 4 heteroatoms. The van der Waals surface area contributed by atoms with Gasteiger partial charge < -0.3 is 9.30 Å². The molecule has 0 aliphatic carbocycles. The van der Waals surface area contributed by atoms with Gasteiger partial charge in [-0.05, 0) is 31.9 Å². The van der Waals surface area contributed by atoms with Crippen molar-refractivity contribution in [2.75, 3.05) is 19.1 Å². The number of ether oxygens (including phenoxy) is 1. The highest BCUT2D eigenvalue weighted by Crippen LogP contribution is 2.32. The molecule has 0 spiro atoms. The van der Waals surface area contributed by atoms with E-state index in [2.05, 4.69) is 29.7 Å². The Labute approximate surface area is 118 Å². The fourth-order valence-corrected chi connectivity index (χ4v) is 3.20. The molecule has 0 radical (unpaired) electrons. The molecule has 1 unspecified atom stereocenters. The first-order valence-electron chi connectivity index (χ1n) is 6.85. The molecule has 2 aromatic rings. The van der Waals surface area contributed by atoms with E-state index in [0.29, 0.717) is 5.88 Å². The number of para-hydroxylation sites is 2. The van der Waals surface area contributed by atoms with E-state index in [-0.39, 0.29) is 5.54 Å². The Morgan fingerprint density at radius 1 is 1.42 bits per heavy atom. The molecule has 1 aliphatic rings. The first-order valence-corrected chi connectivity index (χ1v) is 7.39. The molecule has 0 N–H and O–H groups in total. The standard InChI is InChI=1S/C15H19ClN2O/c1-15(8-4-10-19-11-15)18-13-6-3-2-5-12(13)17-14(18)7-9-16/h2-3,5-6H,4,7-11H2,1H3. The SMILES string of the molecule is CC1(n2c(CCCl)nc3ccccc32)CCCOC1.